The van der Waals surface area contributed by atoms with Gasteiger partial charge in [-0.3, -0.25) is 24.6 Å². The summed E-state index contributed by atoms with van der Waals surface area (Å²) in [6, 6.07) is 28.5. The quantitative estimate of drug-likeness (QED) is 0.0950. The van der Waals surface area contributed by atoms with Crippen LogP contribution < -0.4 is 5.46 Å². The van der Waals surface area contributed by atoms with E-state index in [1.807, 2.05) is 143 Å². The Bertz CT molecular complexity index is 4070. The minimum Gasteiger partial charge on any atom is -0.444 e. The third-order valence-corrected chi connectivity index (χ3v) is 19.0. The number of rotatable bonds is 8. The summed E-state index contributed by atoms with van der Waals surface area (Å²) in [6.45, 7) is 33.6. The maximum Gasteiger partial charge on any atom is 0.494 e. The van der Waals surface area contributed by atoms with Gasteiger partial charge in [-0.2, -0.15) is 54.0 Å². The SMILES string of the molecule is CC(C)(C)OC(=O)N1CCC[C@H]1C1=Nc2ccc(B3OC(C)(C)C(C)(C)O3)cc2C1.CC(C)(C)OC(=O)N1CCC[C@H]1c1ncc(-c2ccc(-c3ccc4nc([C@@H]5CCCN5C(=O)OC(C)(C)C)[nH]c4c3)cc2)[nH]1.CC(C)(C)OC(=O)N1CCC[C@H]1c1ncc(-c2ccc(Br)cc2)[nH]1.S.S.S.S. The van der Waals surface area contributed by atoms with Gasteiger partial charge >= 0.3 is 31.5 Å². The van der Waals surface area contributed by atoms with Crippen molar-refractivity contribution >= 4 is 129 Å². The van der Waals surface area contributed by atoms with Gasteiger partial charge in [0.2, 0.25) is 0 Å². The number of aliphatic imine (C=N–C) groups is 1. The molecule has 13 rings (SSSR count). The molecule has 5 fully saturated rings. The number of hydrogen-bond acceptors (Lipinski definition) is 14. The van der Waals surface area contributed by atoms with Crippen molar-refractivity contribution in [3.05, 3.63) is 125 Å². The van der Waals surface area contributed by atoms with Crippen LogP contribution in [-0.2, 0) is 34.7 Å². The minimum atomic E-state index is -0.541. The third-order valence-electron chi connectivity index (χ3n) is 18.5. The lowest BCUT2D eigenvalue weighted by Crippen LogP contribution is -2.43. The predicted molar refractivity (Wildman–Crippen MR) is 426 cm³/mol. The summed E-state index contributed by atoms with van der Waals surface area (Å²) < 4.78 is 35.8. The largest absolute Gasteiger partial charge is 0.494 e. The number of likely N-dealkylation sites (tertiary alicyclic amines) is 4. The van der Waals surface area contributed by atoms with Gasteiger partial charge in [-0.05, 0) is 226 Å². The molecule has 4 atom stereocenters. The molecule has 0 unspecified atom stereocenters. The van der Waals surface area contributed by atoms with Crippen LogP contribution >= 0.6 is 69.9 Å². The first-order valence-corrected chi connectivity index (χ1v) is 35.3. The number of nitrogens with zero attached hydrogens (tertiary/aromatic N) is 8. The van der Waals surface area contributed by atoms with Crippen molar-refractivity contribution in [2.75, 3.05) is 26.2 Å². The summed E-state index contributed by atoms with van der Waals surface area (Å²) >= 11 is 3.44. The van der Waals surface area contributed by atoms with Gasteiger partial charge in [0, 0.05) is 42.8 Å². The van der Waals surface area contributed by atoms with Gasteiger partial charge in [0.05, 0.1) is 75.9 Å². The monoisotopic (exact) mass is 1540 g/mol. The molecule has 0 aliphatic carbocycles. The van der Waals surface area contributed by atoms with Gasteiger partial charge < -0.3 is 43.2 Å². The first-order chi connectivity index (χ1) is 46.0. The van der Waals surface area contributed by atoms with Gasteiger partial charge in [0.1, 0.15) is 39.9 Å². The van der Waals surface area contributed by atoms with Crippen molar-refractivity contribution < 1.29 is 47.4 Å². The summed E-state index contributed by atoms with van der Waals surface area (Å²) in [5.41, 5.74) is 9.28. The van der Waals surface area contributed by atoms with Crippen LogP contribution in [0.15, 0.2) is 107 Å². The highest BCUT2D eigenvalue weighted by molar-refractivity contribution is 9.10. The maximum atomic E-state index is 12.8. The van der Waals surface area contributed by atoms with Crippen LogP contribution in [0.25, 0.3) is 44.7 Å². The van der Waals surface area contributed by atoms with Crippen LogP contribution in [0.4, 0.5) is 24.9 Å². The van der Waals surface area contributed by atoms with E-state index in [-0.39, 0.29) is 121 Å². The van der Waals surface area contributed by atoms with E-state index in [1.54, 1.807) is 14.7 Å². The van der Waals surface area contributed by atoms with E-state index >= 15 is 0 Å². The Kier molecular flexibility index (Phi) is 26.6. The number of amides is 4. The normalized spacial score (nSPS) is 19.8. The molecule has 9 heterocycles. The molecule has 0 bridgehead atoms. The van der Waals surface area contributed by atoms with E-state index < -0.39 is 22.4 Å². The number of hydrogen-bond donors (Lipinski definition) is 3. The van der Waals surface area contributed by atoms with E-state index in [4.69, 9.17) is 38.2 Å². The average Bonchev–Trinajstić information content (AvgIpc) is 1.62. The number of carbonyl (C=O) groups excluding carboxylic acids is 4. The second kappa shape index (κ2) is 32.8. The summed E-state index contributed by atoms with van der Waals surface area (Å²) in [5, 5.41) is 0. The lowest BCUT2D eigenvalue weighted by atomic mass is 9.78. The highest BCUT2D eigenvalue weighted by atomic mass is 79.9. The Morgan fingerprint density at radius 1 is 0.490 bits per heavy atom. The van der Waals surface area contributed by atoms with E-state index in [0.29, 0.717) is 26.2 Å². The Balaban J connectivity index is 0.000000221. The Hall–Kier alpha value is -6.62. The fourth-order valence-electron chi connectivity index (χ4n) is 13.1. The molecule has 554 valence electrons. The van der Waals surface area contributed by atoms with Crippen molar-refractivity contribution in [2.45, 2.75) is 226 Å². The van der Waals surface area contributed by atoms with Crippen LogP contribution in [0, 0.1) is 0 Å². The number of aromatic amines is 3. The lowest BCUT2D eigenvalue weighted by Gasteiger charge is -2.32. The van der Waals surface area contributed by atoms with Crippen molar-refractivity contribution in [1.82, 2.24) is 49.5 Å². The van der Waals surface area contributed by atoms with E-state index in [9.17, 15) is 19.2 Å². The molecule has 5 saturated heterocycles. The molecule has 0 saturated carbocycles. The van der Waals surface area contributed by atoms with Gasteiger partial charge in [-0.25, -0.2) is 34.1 Å². The molecule has 27 heteroatoms. The summed E-state index contributed by atoms with van der Waals surface area (Å²) in [5.74, 6) is 2.38. The molecule has 4 aromatic carbocycles. The Morgan fingerprint density at radius 2 is 0.873 bits per heavy atom. The molecule has 4 amide bonds. The highest BCUT2D eigenvalue weighted by Crippen LogP contribution is 2.40. The first-order valence-electron chi connectivity index (χ1n) is 34.5. The molecular formula is C75H105BBrN11O10S4. The molecule has 3 N–H and O–H groups in total. The average molecular weight is 1540 g/mol. The Labute approximate surface area is 638 Å². The maximum absolute atomic E-state index is 12.8. The van der Waals surface area contributed by atoms with Crippen molar-refractivity contribution in [3.63, 3.8) is 0 Å². The molecule has 102 heavy (non-hydrogen) atoms. The summed E-state index contributed by atoms with van der Waals surface area (Å²) in [6.07, 6.45) is 10.6. The van der Waals surface area contributed by atoms with E-state index in [2.05, 4.69) is 111 Å². The van der Waals surface area contributed by atoms with Gasteiger partial charge in [-0.1, -0.05) is 70.5 Å². The van der Waals surface area contributed by atoms with Crippen LogP contribution in [-0.4, -0.2) is 153 Å². The molecule has 7 aromatic rings. The second-order valence-corrected chi connectivity index (χ2v) is 32.3. The van der Waals surface area contributed by atoms with Crippen molar-refractivity contribution in [1.29, 1.82) is 0 Å². The summed E-state index contributed by atoms with van der Waals surface area (Å²) in [7, 11) is -0.380. The topological polar surface area (TPSA) is 235 Å². The molecule has 3 aromatic heterocycles. The highest BCUT2D eigenvalue weighted by Gasteiger charge is 2.52. The zero-order valence-electron chi connectivity index (χ0n) is 61.9. The third kappa shape index (κ3) is 19.8. The lowest BCUT2D eigenvalue weighted by molar-refractivity contribution is 0.00578. The fraction of sp³-hybridized carbons (Fsp3) is 0.520. The number of aromatic nitrogens is 6. The number of carbonyl (C=O) groups is 4. The molecule has 0 spiro atoms. The van der Waals surface area contributed by atoms with Crippen LogP contribution in [0.3, 0.4) is 0 Å². The number of ether oxygens (including phenoxy) is 4. The molecule has 0 radical (unpaired) electrons. The van der Waals surface area contributed by atoms with Crippen LogP contribution in [0.5, 0.6) is 0 Å². The smallest absolute Gasteiger partial charge is 0.444 e. The number of fused-ring (bicyclic) bond motifs is 2. The zero-order chi connectivity index (χ0) is 70.4. The number of nitrogens with one attached hydrogen (secondary N) is 3. The summed E-state index contributed by atoms with van der Waals surface area (Å²) in [4.78, 5) is 87.0. The van der Waals surface area contributed by atoms with E-state index in [0.717, 1.165) is 147 Å². The van der Waals surface area contributed by atoms with Crippen LogP contribution in [0.1, 0.15) is 203 Å². The standard InChI is InChI=1S/C34H42N6O4.C23H33BN2O4.C18H22BrN3O2.4H2S/c1-33(2,3)43-31(41)39-17-7-9-27(39)29-35-20-26(38-29)22-13-11-21(12-14-22)23-15-16-24-25(19-23)37-30(36-24)28-10-8-18-40(28)32(42)44-34(4,5)6;1-21(2,3)28-20(27)26-12-8-9-19(26)18-14-15-13-16(10-11-17(15)25-18)24-29-22(4,5)23(6,7)30-24;1-18(2,3)24-17(23)22-10-4-5-15(22)16-20-11-14(21-16)12-6-8-13(19)9-7-12;;;;/h11-16,19-20,27-28H,7-10,17-18H2,1-6H3,(H,35,38)(H,36,37);10-11,13,19H,8-9,12,14H2,1-7H3;6-9,11,15H,4-5,10H2,1-3H3,(H,20,21);4*1H2/t27-,28-;19-;15-;;;;/m000..../s1. The molecule has 6 aliphatic rings. The fourth-order valence-corrected chi connectivity index (χ4v) is 13.4. The van der Waals surface area contributed by atoms with Gasteiger partial charge in [0.15, 0.2) is 0 Å². The number of H-pyrrole nitrogens is 3. The number of halogens is 1. The molecular weight excluding hydrogens is 1430 g/mol. The van der Waals surface area contributed by atoms with Crippen molar-refractivity contribution in [3.8, 4) is 33.6 Å². The van der Waals surface area contributed by atoms with Gasteiger partial charge in [-0.15, -0.1) is 0 Å². The second-order valence-electron chi connectivity index (χ2n) is 31.4. The zero-order valence-corrected chi connectivity index (χ0v) is 67.4. The molecule has 21 nitrogen and oxygen atoms in total. The number of imidazole rings is 3. The predicted octanol–water partition coefficient (Wildman–Crippen LogP) is 17.1. The van der Waals surface area contributed by atoms with Crippen LogP contribution in [0.2, 0.25) is 0 Å². The minimum absolute atomic E-state index is 0. The number of benzene rings is 4. The first kappa shape index (κ1) is 82.7. The van der Waals surface area contributed by atoms with Crippen molar-refractivity contribution in [2.24, 2.45) is 4.99 Å². The molecule has 6 aliphatic heterocycles. The van der Waals surface area contributed by atoms with Gasteiger partial charge in [0.25, 0.3) is 0 Å². The van der Waals surface area contributed by atoms with E-state index in [1.165, 1.54) is 0 Å². The Morgan fingerprint density at radius 3 is 1.30 bits per heavy atom.